The third kappa shape index (κ3) is 7.83. The summed E-state index contributed by atoms with van der Waals surface area (Å²) in [6.45, 7) is 5.27. The Morgan fingerprint density at radius 2 is 1.67 bits per heavy atom. The summed E-state index contributed by atoms with van der Waals surface area (Å²) < 4.78 is 17.3. The number of fused-ring (bicyclic) bond motifs is 2. The predicted octanol–water partition coefficient (Wildman–Crippen LogP) is 4.04. The van der Waals surface area contributed by atoms with Gasteiger partial charge < -0.3 is 40.0 Å². The van der Waals surface area contributed by atoms with Crippen molar-refractivity contribution in [1.29, 1.82) is 0 Å². The van der Waals surface area contributed by atoms with E-state index in [1.54, 1.807) is 65.6 Å². The molecule has 5 rings (SSSR count). The van der Waals surface area contributed by atoms with Crippen molar-refractivity contribution in [3.63, 3.8) is 0 Å². The molecule has 0 saturated heterocycles. The molecule has 0 bridgehead atoms. The van der Waals surface area contributed by atoms with Gasteiger partial charge in [0, 0.05) is 48.6 Å². The van der Waals surface area contributed by atoms with Crippen LogP contribution in [0.2, 0.25) is 0 Å². The van der Waals surface area contributed by atoms with E-state index in [9.17, 15) is 24.6 Å². The number of carbonyl (C=O) groups excluding carboxylic acids is 2. The lowest BCUT2D eigenvalue weighted by Crippen LogP contribution is -2.47. The monoisotopic (exact) mass is 618 g/mol. The molecule has 12 heteroatoms. The van der Waals surface area contributed by atoms with E-state index in [4.69, 9.17) is 14.2 Å². The maximum Gasteiger partial charge on any atom is 0.335 e. The number of ether oxygens (including phenoxy) is 3. The number of benzene rings is 3. The Morgan fingerprint density at radius 1 is 1.00 bits per heavy atom. The average Bonchev–Trinajstić information content (AvgIpc) is 3.49. The topological polar surface area (TPSA) is 150 Å². The average molecular weight is 619 g/mol. The van der Waals surface area contributed by atoms with Crippen molar-refractivity contribution in [3.8, 4) is 17.2 Å². The van der Waals surface area contributed by atoms with Crippen molar-refractivity contribution in [3.05, 3.63) is 77.4 Å². The minimum atomic E-state index is -0.971. The Kier molecular flexibility index (Phi) is 9.74. The van der Waals surface area contributed by atoms with Crippen molar-refractivity contribution >= 4 is 29.3 Å². The SMILES string of the molecule is C[C@@H]1CN([C@@H](C)CO)C(=O)Cc2cc(NC(=O)Nc3ccc4c(c3)OCO4)ccc2O[C@@H]1CN(C)Cc1ccc(C(=O)O)cc1. The third-order valence-electron chi connectivity index (χ3n) is 7.95. The number of rotatable bonds is 9. The molecule has 238 valence electrons. The molecule has 0 aliphatic carbocycles. The quantitative estimate of drug-likeness (QED) is 0.279. The van der Waals surface area contributed by atoms with Crippen molar-refractivity contribution in [2.75, 3.05) is 44.2 Å². The lowest BCUT2D eigenvalue weighted by atomic mass is 10.0. The molecular formula is C33H38N4O8. The molecule has 2 aliphatic heterocycles. The van der Waals surface area contributed by atoms with Gasteiger partial charge in [0.2, 0.25) is 12.7 Å². The number of hydrogen-bond acceptors (Lipinski definition) is 8. The first-order chi connectivity index (χ1) is 21.6. The number of carbonyl (C=O) groups is 3. The summed E-state index contributed by atoms with van der Waals surface area (Å²) in [5, 5.41) is 24.7. The summed E-state index contributed by atoms with van der Waals surface area (Å²) in [5.74, 6) is 0.494. The summed E-state index contributed by atoms with van der Waals surface area (Å²) in [4.78, 5) is 41.4. The fraction of sp³-hybridized carbons (Fsp3) is 0.364. The second-order valence-electron chi connectivity index (χ2n) is 11.6. The molecule has 2 heterocycles. The normalized spacial score (nSPS) is 18.2. The molecule has 12 nitrogen and oxygen atoms in total. The van der Waals surface area contributed by atoms with Crippen molar-refractivity contribution in [2.24, 2.45) is 5.92 Å². The zero-order valence-electron chi connectivity index (χ0n) is 25.5. The van der Waals surface area contributed by atoms with Gasteiger partial charge in [0.1, 0.15) is 11.9 Å². The van der Waals surface area contributed by atoms with Crippen molar-refractivity contribution in [1.82, 2.24) is 9.80 Å². The summed E-state index contributed by atoms with van der Waals surface area (Å²) in [6.07, 6.45) is -0.288. The zero-order chi connectivity index (χ0) is 32.1. The van der Waals surface area contributed by atoms with Crippen LogP contribution in [0, 0.1) is 5.92 Å². The van der Waals surface area contributed by atoms with Crippen LogP contribution in [0.3, 0.4) is 0 Å². The van der Waals surface area contributed by atoms with Crippen LogP contribution in [0.1, 0.15) is 35.3 Å². The summed E-state index contributed by atoms with van der Waals surface area (Å²) in [5.41, 5.74) is 2.82. The largest absolute Gasteiger partial charge is 0.488 e. The molecule has 0 unspecified atom stereocenters. The number of aliphatic hydroxyl groups is 1. The Bertz CT molecular complexity index is 1550. The minimum Gasteiger partial charge on any atom is -0.488 e. The van der Waals surface area contributed by atoms with E-state index in [0.29, 0.717) is 53.8 Å². The van der Waals surface area contributed by atoms with E-state index < -0.39 is 12.0 Å². The smallest absolute Gasteiger partial charge is 0.335 e. The highest BCUT2D eigenvalue weighted by molar-refractivity contribution is 6.00. The Hall–Kier alpha value is -4.81. The van der Waals surface area contributed by atoms with Gasteiger partial charge in [0.25, 0.3) is 0 Å². The minimum absolute atomic E-state index is 0.0319. The maximum absolute atomic E-state index is 13.5. The highest BCUT2D eigenvalue weighted by Gasteiger charge is 2.31. The zero-order valence-corrected chi connectivity index (χ0v) is 25.5. The summed E-state index contributed by atoms with van der Waals surface area (Å²) in [6, 6.07) is 16.2. The van der Waals surface area contributed by atoms with E-state index in [1.807, 2.05) is 20.9 Å². The van der Waals surface area contributed by atoms with Gasteiger partial charge in [-0.3, -0.25) is 9.69 Å². The second kappa shape index (κ2) is 13.9. The summed E-state index contributed by atoms with van der Waals surface area (Å²) in [7, 11) is 1.96. The molecule has 0 aromatic heterocycles. The van der Waals surface area contributed by atoms with Crippen LogP contribution in [0.5, 0.6) is 17.2 Å². The molecule has 0 radical (unpaired) electrons. The van der Waals surface area contributed by atoms with Gasteiger partial charge in [0.05, 0.1) is 24.6 Å². The first-order valence-corrected chi connectivity index (χ1v) is 14.8. The van der Waals surface area contributed by atoms with Crippen LogP contribution in [-0.2, 0) is 17.8 Å². The molecule has 0 saturated carbocycles. The van der Waals surface area contributed by atoms with E-state index in [1.165, 1.54) is 0 Å². The molecule has 0 spiro atoms. The first-order valence-electron chi connectivity index (χ1n) is 14.8. The number of carboxylic acids is 1. The van der Waals surface area contributed by atoms with Crippen LogP contribution in [0.15, 0.2) is 60.7 Å². The van der Waals surface area contributed by atoms with E-state index >= 15 is 0 Å². The summed E-state index contributed by atoms with van der Waals surface area (Å²) >= 11 is 0. The number of urea groups is 1. The lowest BCUT2D eigenvalue weighted by Gasteiger charge is -2.34. The maximum atomic E-state index is 13.5. The number of aliphatic hydroxyl groups excluding tert-OH is 1. The van der Waals surface area contributed by atoms with Gasteiger partial charge in [-0.25, -0.2) is 9.59 Å². The number of hydrogen-bond donors (Lipinski definition) is 4. The van der Waals surface area contributed by atoms with Crippen LogP contribution >= 0.6 is 0 Å². The third-order valence-corrected chi connectivity index (χ3v) is 7.95. The van der Waals surface area contributed by atoms with E-state index in [0.717, 1.165) is 5.56 Å². The number of anilines is 2. The molecule has 4 N–H and O–H groups in total. The van der Waals surface area contributed by atoms with Crippen LogP contribution in [0.4, 0.5) is 16.2 Å². The molecule has 3 aromatic carbocycles. The Morgan fingerprint density at radius 3 is 2.36 bits per heavy atom. The molecule has 2 aliphatic rings. The van der Waals surface area contributed by atoms with Gasteiger partial charge in [-0.05, 0) is 62.0 Å². The van der Waals surface area contributed by atoms with Gasteiger partial charge in [0.15, 0.2) is 11.5 Å². The van der Waals surface area contributed by atoms with Gasteiger partial charge in [-0.1, -0.05) is 19.1 Å². The second-order valence-corrected chi connectivity index (χ2v) is 11.6. The fourth-order valence-corrected chi connectivity index (χ4v) is 5.43. The predicted molar refractivity (Wildman–Crippen MR) is 167 cm³/mol. The molecular weight excluding hydrogens is 580 g/mol. The van der Waals surface area contributed by atoms with Crippen molar-refractivity contribution < 1.29 is 38.8 Å². The number of likely N-dealkylation sites (N-methyl/N-ethyl adjacent to an activating group) is 1. The Balaban J connectivity index is 1.33. The molecule has 45 heavy (non-hydrogen) atoms. The van der Waals surface area contributed by atoms with Crippen LogP contribution in [-0.4, -0.2) is 83.6 Å². The lowest BCUT2D eigenvalue weighted by molar-refractivity contribution is -0.134. The highest BCUT2D eigenvalue weighted by atomic mass is 16.7. The molecule has 3 amide bonds. The van der Waals surface area contributed by atoms with Gasteiger partial charge in [-0.15, -0.1) is 0 Å². The molecule has 3 atom stereocenters. The number of amides is 3. The first kappa shape index (κ1) is 31.6. The molecule has 3 aromatic rings. The van der Waals surface area contributed by atoms with Gasteiger partial charge in [-0.2, -0.15) is 0 Å². The van der Waals surface area contributed by atoms with E-state index in [-0.39, 0.29) is 49.4 Å². The highest BCUT2D eigenvalue weighted by Crippen LogP contribution is 2.34. The van der Waals surface area contributed by atoms with Crippen LogP contribution in [0.25, 0.3) is 0 Å². The van der Waals surface area contributed by atoms with Gasteiger partial charge >= 0.3 is 12.0 Å². The molecule has 0 fully saturated rings. The number of aromatic carboxylic acids is 1. The number of carboxylic acid groups (broad SMARTS) is 1. The van der Waals surface area contributed by atoms with Crippen molar-refractivity contribution in [2.45, 2.75) is 39.0 Å². The standard InChI is InChI=1S/C33H38N4O8/c1-20-15-37(21(2)18-38)31(39)13-24-12-25(34-33(42)35-26-9-11-28-29(14-26)44-19-43-28)8-10-27(24)45-30(20)17-36(3)16-22-4-6-23(7-5-22)32(40)41/h4-12,14,20-21,30,38H,13,15-19H2,1-3H3,(H,40,41)(H2,34,35,42)/t20-,21+,30-/m1/s1. The number of nitrogens with zero attached hydrogens (tertiary/aromatic N) is 2. The Labute approximate surface area is 261 Å². The van der Waals surface area contributed by atoms with E-state index in [2.05, 4.69) is 15.5 Å². The van der Waals surface area contributed by atoms with Crippen LogP contribution < -0.4 is 24.8 Å². The fourth-order valence-electron chi connectivity index (χ4n) is 5.43. The number of nitrogens with one attached hydrogen (secondary N) is 2.